The van der Waals surface area contributed by atoms with E-state index in [2.05, 4.69) is 0 Å². The maximum atomic E-state index is 10.9. The van der Waals surface area contributed by atoms with Gasteiger partial charge in [0.05, 0.1) is 30.8 Å². The fourth-order valence-corrected chi connectivity index (χ4v) is 3.66. The van der Waals surface area contributed by atoms with Gasteiger partial charge in [0.1, 0.15) is 0 Å². The molecule has 0 aromatic heterocycles. The molecule has 5 heteroatoms. The lowest BCUT2D eigenvalue weighted by atomic mass is 9.94. The van der Waals surface area contributed by atoms with Crippen molar-refractivity contribution in [1.82, 2.24) is 0 Å². The third kappa shape index (κ3) is 2.03. The number of aliphatic hydroxyl groups excluding tert-OH is 1. The third-order valence-electron chi connectivity index (χ3n) is 2.78. The minimum Gasteiger partial charge on any atom is -0.390 e. The summed E-state index contributed by atoms with van der Waals surface area (Å²) in [5.41, 5.74) is 0. The molecule has 1 N–H and O–H groups in total. The Labute approximate surface area is 77.8 Å². The zero-order valence-corrected chi connectivity index (χ0v) is 8.16. The molecule has 0 radical (unpaired) electrons. The van der Waals surface area contributed by atoms with E-state index in [9.17, 15) is 13.5 Å². The van der Waals surface area contributed by atoms with Crippen LogP contribution in [0.5, 0.6) is 0 Å². The van der Waals surface area contributed by atoms with Crippen molar-refractivity contribution in [3.63, 3.8) is 0 Å². The van der Waals surface area contributed by atoms with E-state index < -0.39 is 9.84 Å². The highest BCUT2D eigenvalue weighted by molar-refractivity contribution is 7.92. The monoisotopic (exact) mass is 206 g/mol. The van der Waals surface area contributed by atoms with E-state index in [1.54, 1.807) is 0 Å². The van der Waals surface area contributed by atoms with Gasteiger partial charge in [0, 0.05) is 5.92 Å². The number of ether oxygens (including phenoxy) is 1. The van der Waals surface area contributed by atoms with Crippen LogP contribution in [-0.4, -0.2) is 44.3 Å². The van der Waals surface area contributed by atoms with Crippen molar-refractivity contribution in [3.8, 4) is 0 Å². The highest BCUT2D eigenvalue weighted by Gasteiger charge is 2.37. The second-order valence-corrected chi connectivity index (χ2v) is 6.20. The van der Waals surface area contributed by atoms with Crippen molar-refractivity contribution < 1.29 is 18.3 Å². The van der Waals surface area contributed by atoms with E-state index >= 15 is 0 Å². The molecule has 0 amide bonds. The van der Waals surface area contributed by atoms with Gasteiger partial charge >= 0.3 is 0 Å². The maximum absolute atomic E-state index is 10.9. The van der Waals surface area contributed by atoms with Gasteiger partial charge in [-0.15, -0.1) is 0 Å². The molecule has 0 saturated carbocycles. The van der Waals surface area contributed by atoms with Crippen LogP contribution in [0.2, 0.25) is 0 Å². The lowest BCUT2D eigenvalue weighted by Gasteiger charge is -2.28. The maximum Gasteiger partial charge on any atom is 0.150 e. The van der Waals surface area contributed by atoms with Crippen LogP contribution in [0.4, 0.5) is 0 Å². The summed E-state index contributed by atoms with van der Waals surface area (Å²) in [6, 6.07) is 0. The molecule has 0 aliphatic carbocycles. The Hall–Kier alpha value is -0.130. The fourth-order valence-electron chi connectivity index (χ4n) is 2.05. The molecule has 0 bridgehead atoms. The van der Waals surface area contributed by atoms with E-state index in [0.29, 0.717) is 24.7 Å². The Morgan fingerprint density at radius 3 is 2.46 bits per heavy atom. The number of hydrogen-bond acceptors (Lipinski definition) is 4. The molecule has 0 spiro atoms. The van der Waals surface area contributed by atoms with Crippen LogP contribution in [0.3, 0.4) is 0 Å². The van der Waals surface area contributed by atoms with Gasteiger partial charge in [-0.05, 0) is 12.3 Å². The van der Waals surface area contributed by atoms with E-state index in [-0.39, 0.29) is 17.9 Å². The average molecular weight is 206 g/mol. The zero-order valence-electron chi connectivity index (χ0n) is 7.35. The molecular formula is C8H14O4S. The lowest BCUT2D eigenvalue weighted by molar-refractivity contribution is 0.114. The highest BCUT2D eigenvalue weighted by atomic mass is 32.2. The standard InChI is InChI=1S/C8H14O4S/c9-8-3-12-2-7(8)1-6-4-13(10,11)5-6/h6-9H,1-5H2/t7-,8-/m1/s1. The second kappa shape index (κ2) is 3.22. The predicted molar refractivity (Wildman–Crippen MR) is 47.1 cm³/mol. The Bertz CT molecular complexity index is 273. The number of rotatable bonds is 2. The Balaban J connectivity index is 1.80. The summed E-state index contributed by atoms with van der Waals surface area (Å²) in [6.45, 7) is 0.988. The van der Waals surface area contributed by atoms with Gasteiger partial charge in [0.25, 0.3) is 0 Å². The van der Waals surface area contributed by atoms with Crippen molar-refractivity contribution in [1.29, 1.82) is 0 Å². The average Bonchev–Trinajstić information content (AvgIpc) is 2.33. The zero-order chi connectivity index (χ0) is 9.47. The summed E-state index contributed by atoms with van der Waals surface area (Å²) in [5, 5.41) is 9.41. The third-order valence-corrected chi connectivity index (χ3v) is 4.74. The molecule has 2 aliphatic heterocycles. The SMILES string of the molecule is O=S1(=O)CC(C[C@@H]2COC[C@H]2O)C1. The van der Waals surface area contributed by atoms with E-state index in [4.69, 9.17) is 4.74 Å². The van der Waals surface area contributed by atoms with E-state index in [0.717, 1.165) is 6.42 Å². The van der Waals surface area contributed by atoms with Crippen molar-refractivity contribution in [2.75, 3.05) is 24.7 Å². The molecule has 2 heterocycles. The summed E-state index contributed by atoms with van der Waals surface area (Å²) >= 11 is 0. The van der Waals surface area contributed by atoms with Gasteiger partial charge in [-0.25, -0.2) is 8.42 Å². The summed E-state index contributed by atoms with van der Waals surface area (Å²) in [7, 11) is -2.71. The molecule has 76 valence electrons. The van der Waals surface area contributed by atoms with Crippen LogP contribution in [0, 0.1) is 11.8 Å². The number of sulfone groups is 1. The van der Waals surface area contributed by atoms with Crippen LogP contribution >= 0.6 is 0 Å². The predicted octanol–water partition coefficient (Wildman–Crippen LogP) is -0.572. The smallest absolute Gasteiger partial charge is 0.150 e. The van der Waals surface area contributed by atoms with Crippen molar-refractivity contribution in [2.45, 2.75) is 12.5 Å². The first kappa shape index (κ1) is 9.43. The summed E-state index contributed by atoms with van der Waals surface area (Å²) < 4.78 is 26.8. The Morgan fingerprint density at radius 1 is 1.31 bits per heavy atom. The van der Waals surface area contributed by atoms with Crippen LogP contribution in [0.15, 0.2) is 0 Å². The summed E-state index contributed by atoms with van der Waals surface area (Å²) in [4.78, 5) is 0. The molecule has 2 aliphatic rings. The van der Waals surface area contributed by atoms with Gasteiger partial charge in [-0.3, -0.25) is 0 Å². The summed E-state index contributed by atoms with van der Waals surface area (Å²) in [6.07, 6.45) is 0.406. The van der Waals surface area contributed by atoms with Crippen LogP contribution in [-0.2, 0) is 14.6 Å². The molecule has 13 heavy (non-hydrogen) atoms. The minimum atomic E-state index is -2.71. The quantitative estimate of drug-likeness (QED) is 0.657. The molecule has 2 fully saturated rings. The van der Waals surface area contributed by atoms with Gasteiger partial charge in [0.15, 0.2) is 9.84 Å². The van der Waals surface area contributed by atoms with E-state index in [1.807, 2.05) is 0 Å². The molecular weight excluding hydrogens is 192 g/mol. The Kier molecular flexibility index (Phi) is 2.33. The van der Waals surface area contributed by atoms with Gasteiger partial charge in [-0.1, -0.05) is 0 Å². The molecule has 0 aromatic rings. The molecule has 0 aromatic carbocycles. The first-order chi connectivity index (χ1) is 6.07. The normalized spacial score (nSPS) is 38.8. The highest BCUT2D eigenvalue weighted by Crippen LogP contribution is 2.29. The van der Waals surface area contributed by atoms with E-state index in [1.165, 1.54) is 0 Å². The second-order valence-electron chi connectivity index (χ2n) is 4.04. The molecule has 2 saturated heterocycles. The largest absolute Gasteiger partial charge is 0.390 e. The first-order valence-electron chi connectivity index (χ1n) is 4.53. The van der Waals surface area contributed by atoms with Crippen LogP contribution < -0.4 is 0 Å². The topological polar surface area (TPSA) is 63.6 Å². The summed E-state index contributed by atoms with van der Waals surface area (Å²) in [5.74, 6) is 1.01. The fraction of sp³-hybridized carbons (Fsp3) is 1.00. The molecule has 0 unspecified atom stereocenters. The first-order valence-corrected chi connectivity index (χ1v) is 6.35. The van der Waals surface area contributed by atoms with Gasteiger partial charge < -0.3 is 9.84 Å². The van der Waals surface area contributed by atoms with Gasteiger partial charge in [-0.2, -0.15) is 0 Å². The molecule has 2 atom stereocenters. The van der Waals surface area contributed by atoms with Crippen molar-refractivity contribution >= 4 is 9.84 Å². The number of hydrogen-bond donors (Lipinski definition) is 1. The lowest BCUT2D eigenvalue weighted by Crippen LogP contribution is -2.38. The van der Waals surface area contributed by atoms with Crippen molar-refractivity contribution in [2.24, 2.45) is 11.8 Å². The molecule has 2 rings (SSSR count). The Morgan fingerprint density at radius 2 is 2.00 bits per heavy atom. The number of aliphatic hydroxyl groups is 1. The van der Waals surface area contributed by atoms with Crippen LogP contribution in [0.1, 0.15) is 6.42 Å². The minimum absolute atomic E-state index is 0.153. The van der Waals surface area contributed by atoms with Gasteiger partial charge in [0.2, 0.25) is 0 Å². The van der Waals surface area contributed by atoms with Crippen LogP contribution in [0.25, 0.3) is 0 Å². The van der Waals surface area contributed by atoms with Crippen molar-refractivity contribution in [3.05, 3.63) is 0 Å². The molecule has 4 nitrogen and oxygen atoms in total.